The molecule has 0 aromatic rings. The molecule has 0 aromatic heterocycles. The molecule has 1 aliphatic heterocycles. The Morgan fingerprint density at radius 1 is 1.53 bits per heavy atom. The normalized spacial score (nSPS) is 31.3. The van der Waals surface area contributed by atoms with Gasteiger partial charge in [0, 0.05) is 13.1 Å². The van der Waals surface area contributed by atoms with Crippen molar-refractivity contribution >= 4 is 5.91 Å². The van der Waals surface area contributed by atoms with Gasteiger partial charge in [0.05, 0.1) is 5.41 Å². The van der Waals surface area contributed by atoms with E-state index in [0.717, 1.165) is 44.8 Å². The van der Waals surface area contributed by atoms with Crippen molar-refractivity contribution in [1.29, 1.82) is 0 Å². The van der Waals surface area contributed by atoms with E-state index in [2.05, 4.69) is 17.6 Å². The topological polar surface area (TPSA) is 41.1 Å². The van der Waals surface area contributed by atoms with Crippen LogP contribution in [0.1, 0.15) is 39.0 Å². The Morgan fingerprint density at radius 3 is 2.87 bits per heavy atom. The molecule has 2 aliphatic rings. The van der Waals surface area contributed by atoms with Crippen LogP contribution in [0, 0.1) is 11.3 Å². The van der Waals surface area contributed by atoms with Crippen molar-refractivity contribution in [2.45, 2.75) is 39.0 Å². The van der Waals surface area contributed by atoms with Gasteiger partial charge in [0.25, 0.3) is 0 Å². The molecule has 0 spiro atoms. The molecular weight excluding hydrogens is 188 g/mol. The molecule has 3 heteroatoms. The zero-order valence-electron chi connectivity index (χ0n) is 9.64. The summed E-state index contributed by atoms with van der Waals surface area (Å²) in [4.78, 5) is 12.1. The average Bonchev–Trinajstić information content (AvgIpc) is 3.10. The SMILES string of the molecule is CCC1(C(=O)NCC2CC2)CCCNC1. The Kier molecular flexibility index (Phi) is 3.29. The second kappa shape index (κ2) is 4.52. The summed E-state index contributed by atoms with van der Waals surface area (Å²) < 4.78 is 0. The molecule has 2 N–H and O–H groups in total. The summed E-state index contributed by atoms with van der Waals surface area (Å²) >= 11 is 0. The maximum atomic E-state index is 12.1. The van der Waals surface area contributed by atoms with Gasteiger partial charge in [-0.25, -0.2) is 0 Å². The lowest BCUT2D eigenvalue weighted by atomic mass is 9.77. The van der Waals surface area contributed by atoms with Gasteiger partial charge in [-0.3, -0.25) is 4.79 Å². The molecule has 0 aromatic carbocycles. The van der Waals surface area contributed by atoms with Crippen LogP contribution in [-0.2, 0) is 4.79 Å². The van der Waals surface area contributed by atoms with Crippen LogP contribution in [0.3, 0.4) is 0 Å². The lowest BCUT2D eigenvalue weighted by Crippen LogP contribution is -2.50. The lowest BCUT2D eigenvalue weighted by molar-refractivity contribution is -0.132. The number of carbonyl (C=O) groups excluding carboxylic acids is 1. The van der Waals surface area contributed by atoms with Gasteiger partial charge in [-0.2, -0.15) is 0 Å². The number of carbonyl (C=O) groups is 1. The van der Waals surface area contributed by atoms with Gasteiger partial charge in [-0.15, -0.1) is 0 Å². The van der Waals surface area contributed by atoms with Crippen molar-refractivity contribution in [2.75, 3.05) is 19.6 Å². The van der Waals surface area contributed by atoms with E-state index in [4.69, 9.17) is 0 Å². The Labute approximate surface area is 92.0 Å². The van der Waals surface area contributed by atoms with Crippen molar-refractivity contribution in [3.05, 3.63) is 0 Å². The van der Waals surface area contributed by atoms with Crippen molar-refractivity contribution in [2.24, 2.45) is 11.3 Å². The number of rotatable bonds is 4. The van der Waals surface area contributed by atoms with E-state index in [1.807, 2.05) is 0 Å². The fourth-order valence-corrected chi connectivity index (χ4v) is 2.37. The van der Waals surface area contributed by atoms with Gasteiger partial charge >= 0.3 is 0 Å². The molecule has 2 fully saturated rings. The Balaban J connectivity index is 1.87. The summed E-state index contributed by atoms with van der Waals surface area (Å²) in [6, 6.07) is 0. The molecule has 3 nitrogen and oxygen atoms in total. The number of nitrogens with one attached hydrogen (secondary N) is 2. The smallest absolute Gasteiger partial charge is 0.227 e. The van der Waals surface area contributed by atoms with Crippen LogP contribution in [-0.4, -0.2) is 25.5 Å². The highest BCUT2D eigenvalue weighted by molar-refractivity contribution is 5.83. The first-order valence-corrected chi connectivity index (χ1v) is 6.26. The second-order valence-electron chi connectivity index (χ2n) is 5.07. The molecule has 1 aliphatic carbocycles. The summed E-state index contributed by atoms with van der Waals surface area (Å²) in [6.07, 6.45) is 5.74. The van der Waals surface area contributed by atoms with E-state index in [-0.39, 0.29) is 11.3 Å². The number of hydrogen-bond donors (Lipinski definition) is 2. The molecule has 2 rings (SSSR count). The second-order valence-corrected chi connectivity index (χ2v) is 5.07. The molecule has 86 valence electrons. The van der Waals surface area contributed by atoms with Gasteiger partial charge in [0.2, 0.25) is 5.91 Å². The first kappa shape index (κ1) is 10.9. The molecular formula is C12H22N2O. The summed E-state index contributed by atoms with van der Waals surface area (Å²) in [5, 5.41) is 6.48. The van der Waals surface area contributed by atoms with Gasteiger partial charge < -0.3 is 10.6 Å². The van der Waals surface area contributed by atoms with Crippen molar-refractivity contribution in [1.82, 2.24) is 10.6 Å². The number of piperidine rings is 1. The van der Waals surface area contributed by atoms with E-state index in [9.17, 15) is 4.79 Å². The minimum absolute atomic E-state index is 0.118. The highest BCUT2D eigenvalue weighted by Gasteiger charge is 2.38. The van der Waals surface area contributed by atoms with Gasteiger partial charge in [-0.05, 0) is 44.6 Å². The standard InChI is InChI=1S/C12H22N2O/c1-2-12(6-3-7-13-9-12)11(15)14-8-10-4-5-10/h10,13H,2-9H2,1H3,(H,14,15). The highest BCUT2D eigenvalue weighted by Crippen LogP contribution is 2.31. The average molecular weight is 210 g/mol. The first-order chi connectivity index (χ1) is 7.27. The Bertz CT molecular complexity index is 230. The summed E-state index contributed by atoms with van der Waals surface area (Å²) in [7, 11) is 0. The maximum Gasteiger partial charge on any atom is 0.227 e. The number of amides is 1. The third kappa shape index (κ3) is 2.51. The zero-order chi connectivity index (χ0) is 10.7. The molecule has 1 atom stereocenters. The van der Waals surface area contributed by atoms with E-state index in [1.165, 1.54) is 12.8 Å². The van der Waals surface area contributed by atoms with Crippen LogP contribution < -0.4 is 10.6 Å². The third-order valence-corrected chi connectivity index (χ3v) is 3.88. The zero-order valence-corrected chi connectivity index (χ0v) is 9.64. The van der Waals surface area contributed by atoms with Crippen LogP contribution in [0.4, 0.5) is 0 Å². The summed E-state index contributed by atoms with van der Waals surface area (Å²) in [6.45, 7) is 4.96. The number of hydrogen-bond acceptors (Lipinski definition) is 2. The van der Waals surface area contributed by atoms with Crippen molar-refractivity contribution in [3.8, 4) is 0 Å². The van der Waals surface area contributed by atoms with Crippen molar-refractivity contribution in [3.63, 3.8) is 0 Å². The summed E-state index contributed by atoms with van der Waals surface area (Å²) in [5.74, 6) is 1.06. The molecule has 1 heterocycles. The van der Waals surface area contributed by atoms with Crippen LogP contribution in [0.2, 0.25) is 0 Å². The fourth-order valence-electron chi connectivity index (χ4n) is 2.37. The highest BCUT2D eigenvalue weighted by atomic mass is 16.2. The molecule has 1 saturated heterocycles. The minimum Gasteiger partial charge on any atom is -0.355 e. The van der Waals surface area contributed by atoms with Crippen LogP contribution in [0.15, 0.2) is 0 Å². The molecule has 15 heavy (non-hydrogen) atoms. The van der Waals surface area contributed by atoms with Gasteiger partial charge in [0.15, 0.2) is 0 Å². The van der Waals surface area contributed by atoms with Crippen LogP contribution in [0.25, 0.3) is 0 Å². The molecule has 1 unspecified atom stereocenters. The van der Waals surface area contributed by atoms with E-state index in [0.29, 0.717) is 0 Å². The predicted molar refractivity (Wildman–Crippen MR) is 60.6 cm³/mol. The lowest BCUT2D eigenvalue weighted by Gasteiger charge is -2.35. The van der Waals surface area contributed by atoms with Crippen LogP contribution >= 0.6 is 0 Å². The Morgan fingerprint density at radius 2 is 2.33 bits per heavy atom. The van der Waals surface area contributed by atoms with E-state index < -0.39 is 0 Å². The maximum absolute atomic E-state index is 12.1. The van der Waals surface area contributed by atoms with Crippen molar-refractivity contribution < 1.29 is 4.79 Å². The van der Waals surface area contributed by atoms with Gasteiger partial charge in [-0.1, -0.05) is 6.92 Å². The predicted octanol–water partition coefficient (Wildman–Crippen LogP) is 1.29. The van der Waals surface area contributed by atoms with E-state index in [1.54, 1.807) is 0 Å². The molecule has 1 saturated carbocycles. The molecule has 0 bridgehead atoms. The fraction of sp³-hybridized carbons (Fsp3) is 0.917. The summed E-state index contributed by atoms with van der Waals surface area (Å²) in [5.41, 5.74) is -0.118. The first-order valence-electron chi connectivity index (χ1n) is 6.26. The quantitative estimate of drug-likeness (QED) is 0.734. The third-order valence-electron chi connectivity index (χ3n) is 3.88. The molecule has 1 amide bonds. The largest absolute Gasteiger partial charge is 0.355 e. The van der Waals surface area contributed by atoms with Gasteiger partial charge in [0.1, 0.15) is 0 Å². The molecule has 0 radical (unpaired) electrons. The van der Waals surface area contributed by atoms with Crippen LogP contribution in [0.5, 0.6) is 0 Å². The monoisotopic (exact) mass is 210 g/mol. The van der Waals surface area contributed by atoms with E-state index >= 15 is 0 Å². The minimum atomic E-state index is -0.118. The Hall–Kier alpha value is -0.570.